The van der Waals surface area contributed by atoms with Crippen molar-refractivity contribution < 1.29 is 28.2 Å². The Kier molecular flexibility index (Phi) is 4.67. The van der Waals surface area contributed by atoms with Crippen LogP contribution < -0.4 is 5.11 Å². The number of halogens is 2. The van der Waals surface area contributed by atoms with E-state index in [2.05, 4.69) is 0 Å². The molecule has 4 nitrogen and oxygen atoms in total. The number of ether oxygens (including phenoxy) is 2. The molecular formula is C17H25F2O4-. The highest BCUT2D eigenvalue weighted by atomic mass is 19.3. The molecule has 4 saturated carbocycles. The number of carboxylic acid groups (broad SMARTS) is 1. The average molecular weight is 331 g/mol. The summed E-state index contributed by atoms with van der Waals surface area (Å²) < 4.78 is 37.6. The van der Waals surface area contributed by atoms with E-state index in [-0.39, 0.29) is 12.0 Å². The van der Waals surface area contributed by atoms with Gasteiger partial charge in [-0.3, -0.25) is 0 Å². The number of carbonyl (C=O) groups is 1. The van der Waals surface area contributed by atoms with Gasteiger partial charge in [-0.05, 0) is 55.8 Å². The van der Waals surface area contributed by atoms with Crippen LogP contribution >= 0.6 is 0 Å². The van der Waals surface area contributed by atoms with Gasteiger partial charge >= 0.3 is 5.92 Å². The fraction of sp³-hybridized carbons (Fsp3) is 0.941. The van der Waals surface area contributed by atoms with Crippen LogP contribution in [0.2, 0.25) is 0 Å². The van der Waals surface area contributed by atoms with Crippen LogP contribution in [0.15, 0.2) is 0 Å². The van der Waals surface area contributed by atoms with Crippen molar-refractivity contribution >= 4 is 5.97 Å². The van der Waals surface area contributed by atoms with Gasteiger partial charge in [-0.25, -0.2) is 0 Å². The normalized spacial score (nSPS) is 37.3. The van der Waals surface area contributed by atoms with Gasteiger partial charge in [0.15, 0.2) is 6.29 Å². The van der Waals surface area contributed by atoms with Crippen molar-refractivity contribution in [1.29, 1.82) is 0 Å². The van der Waals surface area contributed by atoms with Crippen LogP contribution in [0.1, 0.15) is 46.0 Å². The summed E-state index contributed by atoms with van der Waals surface area (Å²) in [6, 6.07) is 0. The number of aliphatic carboxylic acids is 1. The van der Waals surface area contributed by atoms with E-state index in [1.807, 2.05) is 13.8 Å². The highest BCUT2D eigenvalue weighted by molar-refractivity contribution is 5.73. The first-order valence-electron chi connectivity index (χ1n) is 8.62. The van der Waals surface area contributed by atoms with Crippen LogP contribution in [0, 0.1) is 29.6 Å². The summed E-state index contributed by atoms with van der Waals surface area (Å²) >= 11 is 0. The Morgan fingerprint density at radius 1 is 1.13 bits per heavy atom. The first-order valence-corrected chi connectivity index (χ1v) is 8.62. The minimum Gasteiger partial charge on any atom is -0.544 e. The second kappa shape index (κ2) is 6.28. The number of carboxylic acids is 1. The average Bonchev–Trinajstić information content (AvgIpc) is 2.44. The van der Waals surface area contributed by atoms with E-state index in [0.29, 0.717) is 11.8 Å². The van der Waals surface area contributed by atoms with Crippen LogP contribution in [0.5, 0.6) is 0 Å². The fourth-order valence-corrected chi connectivity index (χ4v) is 4.89. The summed E-state index contributed by atoms with van der Waals surface area (Å²) in [7, 11) is 0. The van der Waals surface area contributed by atoms with Crippen molar-refractivity contribution in [2.75, 3.05) is 6.61 Å². The molecule has 0 heterocycles. The third kappa shape index (κ3) is 3.53. The van der Waals surface area contributed by atoms with Crippen LogP contribution in [0.4, 0.5) is 8.78 Å². The standard InChI is InChI=1S/C17H26F2O4/c1-9(2)15(22-8-17(18,19)16(20)21)23-14-12-4-10-3-11(6-12)7-13(14)5-10/h9-15H,3-8H2,1-2H3,(H,20,21)/p-1. The Morgan fingerprint density at radius 2 is 1.65 bits per heavy atom. The van der Waals surface area contributed by atoms with Crippen molar-refractivity contribution in [3.63, 3.8) is 0 Å². The number of alkyl halides is 2. The first-order chi connectivity index (χ1) is 10.8. The zero-order valence-corrected chi connectivity index (χ0v) is 13.7. The third-order valence-corrected chi connectivity index (χ3v) is 5.70. The van der Waals surface area contributed by atoms with Crippen LogP contribution in [0.25, 0.3) is 0 Å². The maximum atomic E-state index is 13.2. The van der Waals surface area contributed by atoms with Crippen LogP contribution in [-0.2, 0) is 14.3 Å². The van der Waals surface area contributed by atoms with Crippen LogP contribution in [0.3, 0.4) is 0 Å². The monoisotopic (exact) mass is 331 g/mol. The van der Waals surface area contributed by atoms with E-state index in [4.69, 9.17) is 9.47 Å². The predicted molar refractivity (Wildman–Crippen MR) is 76.5 cm³/mol. The molecule has 23 heavy (non-hydrogen) atoms. The Labute approximate surface area is 135 Å². The molecule has 0 N–H and O–H groups in total. The minimum absolute atomic E-state index is 0.0618. The Morgan fingerprint density at radius 3 is 2.09 bits per heavy atom. The molecule has 0 aliphatic heterocycles. The number of hydrogen-bond acceptors (Lipinski definition) is 4. The Balaban J connectivity index is 1.60. The molecule has 132 valence electrons. The van der Waals surface area contributed by atoms with Gasteiger partial charge in [0.25, 0.3) is 0 Å². The van der Waals surface area contributed by atoms with Crippen molar-refractivity contribution in [3.8, 4) is 0 Å². The quantitative estimate of drug-likeness (QED) is 0.671. The molecule has 0 aromatic heterocycles. The van der Waals surface area contributed by atoms with Crippen molar-refractivity contribution in [2.24, 2.45) is 29.6 Å². The summed E-state index contributed by atoms with van der Waals surface area (Å²) in [4.78, 5) is 10.4. The highest BCUT2D eigenvalue weighted by Crippen LogP contribution is 2.55. The molecule has 0 aromatic rings. The van der Waals surface area contributed by atoms with Gasteiger partial charge in [0.1, 0.15) is 12.6 Å². The van der Waals surface area contributed by atoms with Gasteiger partial charge in [0.05, 0.1) is 6.10 Å². The van der Waals surface area contributed by atoms with Gasteiger partial charge in [0.2, 0.25) is 0 Å². The molecule has 0 aromatic carbocycles. The lowest BCUT2D eigenvalue weighted by Crippen LogP contribution is -2.52. The molecule has 4 fully saturated rings. The van der Waals surface area contributed by atoms with E-state index in [1.165, 1.54) is 6.42 Å². The summed E-state index contributed by atoms with van der Waals surface area (Å²) in [5.41, 5.74) is 0. The lowest BCUT2D eigenvalue weighted by molar-refractivity contribution is -0.337. The lowest BCUT2D eigenvalue weighted by atomic mass is 9.55. The molecule has 1 unspecified atom stereocenters. The molecule has 6 heteroatoms. The maximum Gasteiger partial charge on any atom is 0.310 e. The van der Waals surface area contributed by atoms with Crippen LogP contribution in [-0.4, -0.2) is 30.9 Å². The zero-order valence-electron chi connectivity index (χ0n) is 13.7. The van der Waals surface area contributed by atoms with Crippen molar-refractivity contribution in [1.82, 2.24) is 0 Å². The molecule has 4 rings (SSSR count). The van der Waals surface area contributed by atoms with E-state index >= 15 is 0 Å². The van der Waals surface area contributed by atoms with Crippen molar-refractivity contribution in [3.05, 3.63) is 0 Å². The maximum absolute atomic E-state index is 13.2. The summed E-state index contributed by atoms with van der Waals surface area (Å²) in [6.07, 6.45) is 5.25. The fourth-order valence-electron chi connectivity index (χ4n) is 4.89. The predicted octanol–water partition coefficient (Wildman–Crippen LogP) is 2.21. The highest BCUT2D eigenvalue weighted by Gasteiger charge is 2.49. The molecule has 0 radical (unpaired) electrons. The number of hydrogen-bond donors (Lipinski definition) is 0. The second-order valence-corrected chi connectivity index (χ2v) is 7.95. The second-order valence-electron chi connectivity index (χ2n) is 7.95. The van der Waals surface area contributed by atoms with E-state index in [0.717, 1.165) is 37.5 Å². The molecule has 0 saturated heterocycles. The summed E-state index contributed by atoms with van der Waals surface area (Å²) in [5, 5.41) is 10.4. The first kappa shape index (κ1) is 17.1. The molecule has 0 amide bonds. The SMILES string of the molecule is CC(C)C(OCC(F)(F)C(=O)[O-])OC1C2CC3CC(C2)CC1C3. The van der Waals surface area contributed by atoms with E-state index in [9.17, 15) is 18.7 Å². The van der Waals surface area contributed by atoms with Gasteiger partial charge < -0.3 is 19.4 Å². The largest absolute Gasteiger partial charge is 0.544 e. The summed E-state index contributed by atoms with van der Waals surface area (Å²) in [6.45, 7) is 2.46. The Bertz CT molecular complexity index is 424. The Hall–Kier alpha value is -0.750. The van der Waals surface area contributed by atoms with Gasteiger partial charge in [-0.1, -0.05) is 13.8 Å². The number of rotatable bonds is 7. The van der Waals surface area contributed by atoms with E-state index < -0.39 is 24.8 Å². The van der Waals surface area contributed by atoms with Crippen molar-refractivity contribution in [2.45, 2.75) is 64.3 Å². The molecule has 1 atom stereocenters. The van der Waals surface area contributed by atoms with Gasteiger partial charge in [0, 0.05) is 5.92 Å². The molecule has 0 spiro atoms. The van der Waals surface area contributed by atoms with E-state index in [1.54, 1.807) is 0 Å². The van der Waals surface area contributed by atoms with Gasteiger partial charge in [-0.15, -0.1) is 0 Å². The molecule has 4 aliphatic carbocycles. The van der Waals surface area contributed by atoms with Gasteiger partial charge in [-0.2, -0.15) is 8.78 Å². The smallest absolute Gasteiger partial charge is 0.310 e. The topological polar surface area (TPSA) is 58.6 Å². The lowest BCUT2D eigenvalue weighted by Gasteiger charge is -2.54. The summed E-state index contributed by atoms with van der Waals surface area (Å²) in [5.74, 6) is -3.91. The number of carbonyl (C=O) groups excluding carboxylic acids is 1. The molecule has 4 aliphatic rings. The minimum atomic E-state index is -3.99. The molecular weight excluding hydrogens is 306 g/mol. The zero-order chi connectivity index (χ0) is 16.8. The molecule has 4 bridgehead atoms. The third-order valence-electron chi connectivity index (χ3n) is 5.70.